The molecule has 0 unspecified atom stereocenters. The first-order valence-electron chi connectivity index (χ1n) is 7.47. The Kier molecular flexibility index (Phi) is 5.22. The quantitative estimate of drug-likeness (QED) is 0.286. The molecule has 0 atom stereocenters. The molecule has 12 heteroatoms. The molecule has 0 amide bonds. The SMILES string of the molecule is Cn1c(-c2cc(Cl)cc(Cl)c2)nn(-c2ccc(C(F)(F)F)cc2[N+](=O)[O-])c1=S. The lowest BCUT2D eigenvalue weighted by Gasteiger charge is -2.08. The Morgan fingerprint density at radius 1 is 1.14 bits per heavy atom. The number of nitro groups is 1. The third-order valence-corrected chi connectivity index (χ3v) is 4.71. The molecular formula is C16H9Cl2F3N4O2S. The van der Waals surface area contributed by atoms with E-state index < -0.39 is 22.4 Å². The zero-order valence-corrected chi connectivity index (χ0v) is 16.2. The molecule has 3 rings (SSSR count). The average molecular weight is 449 g/mol. The number of hydrogen-bond donors (Lipinski definition) is 0. The van der Waals surface area contributed by atoms with Crippen molar-refractivity contribution in [1.29, 1.82) is 0 Å². The van der Waals surface area contributed by atoms with Crippen LogP contribution in [0.25, 0.3) is 17.1 Å². The zero-order chi connectivity index (χ0) is 20.8. The average Bonchev–Trinajstić information content (AvgIpc) is 2.88. The molecule has 0 aliphatic rings. The van der Waals surface area contributed by atoms with Gasteiger partial charge in [0.05, 0.1) is 10.5 Å². The maximum atomic E-state index is 12.9. The maximum absolute atomic E-state index is 12.9. The van der Waals surface area contributed by atoms with Crippen LogP contribution < -0.4 is 0 Å². The van der Waals surface area contributed by atoms with Crippen LogP contribution >= 0.6 is 35.4 Å². The lowest BCUT2D eigenvalue weighted by atomic mass is 10.1. The van der Waals surface area contributed by atoms with Crippen LogP contribution in [0.3, 0.4) is 0 Å². The predicted molar refractivity (Wildman–Crippen MR) is 100 cm³/mol. The van der Waals surface area contributed by atoms with Crippen molar-refractivity contribution < 1.29 is 18.1 Å². The molecule has 0 bridgehead atoms. The summed E-state index contributed by atoms with van der Waals surface area (Å²) in [7, 11) is 1.56. The fourth-order valence-electron chi connectivity index (χ4n) is 2.55. The predicted octanol–water partition coefficient (Wildman–Crippen LogP) is 5.84. The Morgan fingerprint density at radius 3 is 2.29 bits per heavy atom. The van der Waals surface area contributed by atoms with Gasteiger partial charge in [0.15, 0.2) is 5.82 Å². The van der Waals surface area contributed by atoms with Crippen LogP contribution in [-0.2, 0) is 13.2 Å². The van der Waals surface area contributed by atoms with Crippen molar-refractivity contribution in [2.75, 3.05) is 0 Å². The number of hydrogen-bond acceptors (Lipinski definition) is 4. The lowest BCUT2D eigenvalue weighted by molar-refractivity contribution is -0.384. The standard InChI is InChI=1S/C16H9Cl2F3N4O2S/c1-23-14(8-4-10(17)7-11(18)5-8)22-24(15(23)28)12-3-2-9(16(19,20)21)6-13(12)25(26)27/h2-7H,1H3. The minimum absolute atomic E-state index is 0.0361. The molecule has 6 nitrogen and oxygen atoms in total. The number of alkyl halides is 3. The number of aromatic nitrogens is 3. The van der Waals surface area contributed by atoms with E-state index in [2.05, 4.69) is 5.10 Å². The molecular weight excluding hydrogens is 440 g/mol. The van der Waals surface area contributed by atoms with Crippen molar-refractivity contribution in [3.63, 3.8) is 0 Å². The van der Waals surface area contributed by atoms with Gasteiger partial charge >= 0.3 is 6.18 Å². The van der Waals surface area contributed by atoms with E-state index in [0.717, 1.165) is 16.8 Å². The molecule has 0 spiro atoms. The van der Waals surface area contributed by atoms with Gasteiger partial charge in [0, 0.05) is 28.7 Å². The van der Waals surface area contributed by atoms with Crippen molar-refractivity contribution in [2.24, 2.45) is 7.05 Å². The second-order valence-electron chi connectivity index (χ2n) is 5.69. The van der Waals surface area contributed by atoms with Gasteiger partial charge in [-0.25, -0.2) is 0 Å². The first kappa shape index (κ1) is 20.3. The summed E-state index contributed by atoms with van der Waals surface area (Å²) in [6.07, 6.45) is -4.72. The van der Waals surface area contributed by atoms with E-state index in [1.54, 1.807) is 19.2 Å². The molecule has 0 saturated carbocycles. The van der Waals surface area contributed by atoms with Crippen LogP contribution in [0.4, 0.5) is 18.9 Å². The van der Waals surface area contributed by atoms with Crippen LogP contribution in [0, 0.1) is 14.9 Å². The first-order valence-corrected chi connectivity index (χ1v) is 8.64. The van der Waals surface area contributed by atoms with E-state index in [1.807, 2.05) is 0 Å². The Balaban J connectivity index is 2.23. The molecule has 0 fully saturated rings. The van der Waals surface area contributed by atoms with Crippen LogP contribution in [0.15, 0.2) is 36.4 Å². The van der Waals surface area contributed by atoms with Crippen LogP contribution in [-0.4, -0.2) is 19.3 Å². The second kappa shape index (κ2) is 7.19. The Bertz CT molecular complexity index is 1140. The van der Waals surface area contributed by atoms with Gasteiger partial charge in [-0.1, -0.05) is 23.2 Å². The summed E-state index contributed by atoms with van der Waals surface area (Å²) in [4.78, 5) is 10.4. The summed E-state index contributed by atoms with van der Waals surface area (Å²) in [5.74, 6) is 0.281. The Labute approximate surface area is 170 Å². The van der Waals surface area contributed by atoms with E-state index in [9.17, 15) is 23.3 Å². The first-order chi connectivity index (χ1) is 13.0. The highest BCUT2D eigenvalue weighted by Crippen LogP contribution is 2.35. The van der Waals surface area contributed by atoms with E-state index in [4.69, 9.17) is 35.4 Å². The minimum Gasteiger partial charge on any atom is -0.303 e. The van der Waals surface area contributed by atoms with Gasteiger partial charge < -0.3 is 4.57 Å². The molecule has 0 saturated heterocycles. The van der Waals surface area contributed by atoms with Crippen LogP contribution in [0.5, 0.6) is 0 Å². The number of benzene rings is 2. The largest absolute Gasteiger partial charge is 0.416 e. The molecule has 146 valence electrons. The summed E-state index contributed by atoms with van der Waals surface area (Å²) in [5.41, 5.74) is -1.63. The Morgan fingerprint density at radius 2 is 1.75 bits per heavy atom. The molecule has 1 heterocycles. The van der Waals surface area contributed by atoms with Crippen molar-refractivity contribution in [2.45, 2.75) is 6.18 Å². The highest BCUT2D eigenvalue weighted by Gasteiger charge is 2.33. The molecule has 28 heavy (non-hydrogen) atoms. The van der Waals surface area contributed by atoms with Crippen molar-refractivity contribution in [3.05, 3.63) is 66.9 Å². The monoisotopic (exact) mass is 448 g/mol. The molecule has 0 radical (unpaired) electrons. The summed E-state index contributed by atoms with van der Waals surface area (Å²) < 4.78 is 41.3. The van der Waals surface area contributed by atoms with Gasteiger partial charge in [-0.15, -0.1) is 5.10 Å². The zero-order valence-electron chi connectivity index (χ0n) is 13.9. The van der Waals surface area contributed by atoms with Crippen LogP contribution in [0.1, 0.15) is 5.56 Å². The molecule has 0 aliphatic carbocycles. The summed E-state index contributed by atoms with van der Waals surface area (Å²) in [6, 6.07) is 6.78. The number of nitro benzene ring substituents is 1. The third kappa shape index (κ3) is 3.75. The fraction of sp³-hybridized carbons (Fsp3) is 0.125. The molecule has 0 N–H and O–H groups in total. The van der Waals surface area contributed by atoms with E-state index in [-0.39, 0.29) is 16.3 Å². The maximum Gasteiger partial charge on any atom is 0.416 e. The van der Waals surface area contributed by atoms with E-state index in [1.165, 1.54) is 10.6 Å². The second-order valence-corrected chi connectivity index (χ2v) is 6.93. The normalized spacial score (nSPS) is 11.6. The minimum atomic E-state index is -4.72. The van der Waals surface area contributed by atoms with Gasteiger partial charge in [-0.3, -0.25) is 10.1 Å². The fourth-order valence-corrected chi connectivity index (χ4v) is 3.31. The summed E-state index contributed by atoms with van der Waals surface area (Å²) >= 11 is 17.3. The summed E-state index contributed by atoms with van der Waals surface area (Å²) in [6.45, 7) is 0. The molecule has 1 aromatic heterocycles. The van der Waals surface area contributed by atoms with Crippen molar-refractivity contribution in [1.82, 2.24) is 14.3 Å². The van der Waals surface area contributed by atoms with E-state index >= 15 is 0 Å². The van der Waals surface area contributed by atoms with Crippen molar-refractivity contribution >= 4 is 41.1 Å². The molecule has 2 aromatic carbocycles. The van der Waals surface area contributed by atoms with Gasteiger partial charge in [-0.2, -0.15) is 17.9 Å². The highest BCUT2D eigenvalue weighted by molar-refractivity contribution is 7.71. The topological polar surface area (TPSA) is 65.9 Å². The van der Waals surface area contributed by atoms with Gasteiger partial charge in [0.2, 0.25) is 4.77 Å². The lowest BCUT2D eigenvalue weighted by Crippen LogP contribution is -2.08. The third-order valence-electron chi connectivity index (χ3n) is 3.83. The van der Waals surface area contributed by atoms with Gasteiger partial charge in [-0.05, 0) is 42.5 Å². The summed E-state index contributed by atoms with van der Waals surface area (Å²) in [5, 5.41) is 16.3. The number of rotatable bonds is 3. The number of halogens is 5. The number of nitrogens with zero attached hydrogens (tertiary/aromatic N) is 4. The van der Waals surface area contributed by atoms with Gasteiger partial charge in [0.1, 0.15) is 5.69 Å². The molecule has 3 aromatic rings. The smallest absolute Gasteiger partial charge is 0.303 e. The molecule has 0 aliphatic heterocycles. The highest BCUT2D eigenvalue weighted by atomic mass is 35.5. The van der Waals surface area contributed by atoms with Gasteiger partial charge in [0.25, 0.3) is 5.69 Å². The Hall–Kier alpha value is -2.43. The van der Waals surface area contributed by atoms with Crippen molar-refractivity contribution in [3.8, 4) is 17.1 Å². The van der Waals surface area contributed by atoms with Crippen LogP contribution in [0.2, 0.25) is 10.0 Å². The van der Waals surface area contributed by atoms with E-state index in [0.29, 0.717) is 21.7 Å².